The number of rotatable bonds is 3. The number of ether oxygens (including phenoxy) is 1. The van der Waals surface area contributed by atoms with E-state index in [0.29, 0.717) is 23.1 Å². The first-order valence-electron chi connectivity index (χ1n) is 4.37. The number of halogens is 1. The average Bonchev–Trinajstić information content (AvgIpc) is 2.22. The van der Waals surface area contributed by atoms with Crippen LogP contribution < -0.4 is 21.3 Å². The molecule has 4 N–H and O–H groups in total. The Morgan fingerprint density at radius 2 is 2.33 bits per heavy atom. The van der Waals surface area contributed by atoms with Gasteiger partial charge in [0, 0.05) is 5.69 Å². The minimum atomic E-state index is -0.504. The maximum atomic E-state index is 10.9. The molecule has 0 aromatic heterocycles. The molecule has 0 fully saturated rings. The average molecular weight is 230 g/mol. The molecule has 0 saturated heterocycles. The van der Waals surface area contributed by atoms with Crippen LogP contribution in [0.4, 0.5) is 10.5 Å². The highest BCUT2D eigenvalue weighted by Gasteiger charge is 2.04. The van der Waals surface area contributed by atoms with Crippen molar-refractivity contribution in [3.05, 3.63) is 23.2 Å². The van der Waals surface area contributed by atoms with E-state index in [1.54, 1.807) is 18.2 Å². The lowest BCUT2D eigenvalue weighted by molar-refractivity contribution is 0.252. The van der Waals surface area contributed by atoms with Crippen molar-refractivity contribution in [2.75, 3.05) is 11.9 Å². The van der Waals surface area contributed by atoms with E-state index in [2.05, 4.69) is 5.32 Å². The van der Waals surface area contributed by atoms with Crippen molar-refractivity contribution in [3.63, 3.8) is 0 Å². The second kappa shape index (κ2) is 5.43. The summed E-state index contributed by atoms with van der Waals surface area (Å²) in [4.78, 5) is 10.9. The molecule has 2 amide bonds. The highest BCUT2D eigenvalue weighted by Crippen LogP contribution is 2.27. The fraction of sp³-hybridized carbons (Fsp3) is 0.222. The number of urea groups is 1. The Kier molecular flexibility index (Phi) is 4.20. The number of carbonyl (C=O) groups excluding carboxylic acids is 1. The Morgan fingerprint density at radius 1 is 1.60 bits per heavy atom. The van der Waals surface area contributed by atoms with Gasteiger partial charge in [0.1, 0.15) is 5.75 Å². The summed E-state index contributed by atoms with van der Waals surface area (Å²) in [5.74, 6) is 5.50. The third-order valence-corrected chi connectivity index (χ3v) is 1.92. The number of anilines is 1. The van der Waals surface area contributed by atoms with Gasteiger partial charge in [-0.05, 0) is 25.1 Å². The molecule has 0 spiro atoms. The minimum absolute atomic E-state index is 0.437. The predicted molar refractivity (Wildman–Crippen MR) is 59.0 cm³/mol. The smallest absolute Gasteiger partial charge is 0.333 e. The van der Waals surface area contributed by atoms with Gasteiger partial charge in [0.05, 0.1) is 11.6 Å². The number of hydrazine groups is 1. The molecule has 0 saturated carbocycles. The van der Waals surface area contributed by atoms with Gasteiger partial charge in [-0.15, -0.1) is 0 Å². The number of hydrogen-bond acceptors (Lipinski definition) is 3. The summed E-state index contributed by atoms with van der Waals surface area (Å²) in [6, 6.07) is 4.43. The maximum Gasteiger partial charge on any atom is 0.333 e. The van der Waals surface area contributed by atoms with Crippen molar-refractivity contribution >= 4 is 23.3 Å². The molecular weight excluding hydrogens is 218 g/mol. The fourth-order valence-electron chi connectivity index (χ4n) is 1.02. The highest BCUT2D eigenvalue weighted by atomic mass is 35.5. The number of amides is 2. The molecule has 0 atom stereocenters. The molecule has 1 rings (SSSR count). The molecule has 1 aromatic rings. The molecule has 0 aliphatic rings. The highest BCUT2D eigenvalue weighted by molar-refractivity contribution is 6.32. The van der Waals surface area contributed by atoms with E-state index in [4.69, 9.17) is 22.2 Å². The Labute approximate surface area is 92.5 Å². The normalized spacial score (nSPS) is 9.53. The van der Waals surface area contributed by atoms with E-state index in [9.17, 15) is 4.79 Å². The molecule has 0 aliphatic carbocycles. The minimum Gasteiger partial charge on any atom is -0.492 e. The van der Waals surface area contributed by atoms with Crippen LogP contribution in [0, 0.1) is 0 Å². The third-order valence-electron chi connectivity index (χ3n) is 1.62. The zero-order valence-electron chi connectivity index (χ0n) is 8.21. The summed E-state index contributed by atoms with van der Waals surface area (Å²) in [6.07, 6.45) is 0. The molecule has 0 unspecified atom stereocenters. The summed E-state index contributed by atoms with van der Waals surface area (Å²) in [7, 11) is 0. The number of benzene rings is 1. The van der Waals surface area contributed by atoms with Crippen LogP contribution in [-0.4, -0.2) is 12.6 Å². The molecule has 82 valence electrons. The SMILES string of the molecule is CCOc1ccc(NC(=O)NN)cc1Cl. The monoisotopic (exact) mass is 229 g/mol. The van der Waals surface area contributed by atoms with Crippen molar-refractivity contribution in [1.29, 1.82) is 0 Å². The van der Waals surface area contributed by atoms with Crippen LogP contribution in [0.3, 0.4) is 0 Å². The Morgan fingerprint density at radius 3 is 2.87 bits per heavy atom. The van der Waals surface area contributed by atoms with Crippen LogP contribution in [0.15, 0.2) is 18.2 Å². The van der Waals surface area contributed by atoms with Crippen LogP contribution in [0.1, 0.15) is 6.92 Å². The Balaban J connectivity index is 2.77. The van der Waals surface area contributed by atoms with Crippen molar-refractivity contribution in [1.82, 2.24) is 5.43 Å². The fourth-order valence-corrected chi connectivity index (χ4v) is 1.25. The van der Waals surface area contributed by atoms with Crippen LogP contribution in [0.2, 0.25) is 5.02 Å². The summed E-state index contributed by atoms with van der Waals surface area (Å²) in [5.41, 5.74) is 2.50. The largest absolute Gasteiger partial charge is 0.492 e. The van der Waals surface area contributed by atoms with Crippen molar-refractivity contribution in [2.24, 2.45) is 5.84 Å². The van der Waals surface area contributed by atoms with Gasteiger partial charge in [0.25, 0.3) is 0 Å². The van der Waals surface area contributed by atoms with Gasteiger partial charge in [0.2, 0.25) is 0 Å². The van der Waals surface area contributed by atoms with Crippen LogP contribution in [0.5, 0.6) is 5.75 Å². The molecule has 6 heteroatoms. The molecule has 1 aromatic carbocycles. The lowest BCUT2D eigenvalue weighted by atomic mass is 10.3. The first-order valence-corrected chi connectivity index (χ1v) is 4.75. The van der Waals surface area contributed by atoms with E-state index in [0.717, 1.165) is 0 Å². The quantitative estimate of drug-likeness (QED) is 0.420. The van der Waals surface area contributed by atoms with Crippen molar-refractivity contribution < 1.29 is 9.53 Å². The molecule has 0 aliphatic heterocycles. The van der Waals surface area contributed by atoms with Gasteiger partial charge in [0.15, 0.2) is 0 Å². The number of hydrogen-bond donors (Lipinski definition) is 3. The number of carbonyl (C=O) groups is 1. The van der Waals surface area contributed by atoms with Gasteiger partial charge >= 0.3 is 6.03 Å². The summed E-state index contributed by atoms with van der Waals surface area (Å²) < 4.78 is 5.24. The Bertz CT molecular complexity index is 357. The Hall–Kier alpha value is -1.46. The second-order valence-corrected chi connectivity index (χ2v) is 3.08. The van der Waals surface area contributed by atoms with Crippen molar-refractivity contribution in [3.8, 4) is 5.75 Å². The standard InChI is InChI=1S/C9H12ClN3O2/c1-2-15-8-4-3-6(5-7(8)10)12-9(14)13-11/h3-5H,2,11H2,1H3,(H2,12,13,14). The number of nitrogens with one attached hydrogen (secondary N) is 2. The van der Waals surface area contributed by atoms with Gasteiger partial charge in [-0.1, -0.05) is 11.6 Å². The molecule has 5 nitrogen and oxygen atoms in total. The zero-order valence-corrected chi connectivity index (χ0v) is 8.97. The van der Waals surface area contributed by atoms with Gasteiger partial charge < -0.3 is 10.1 Å². The van der Waals surface area contributed by atoms with Crippen LogP contribution in [-0.2, 0) is 0 Å². The molecule has 0 heterocycles. The van der Waals surface area contributed by atoms with E-state index >= 15 is 0 Å². The maximum absolute atomic E-state index is 10.9. The molecule has 15 heavy (non-hydrogen) atoms. The summed E-state index contributed by atoms with van der Waals surface area (Å²) in [6.45, 7) is 2.40. The van der Waals surface area contributed by atoms with E-state index in [1.165, 1.54) is 0 Å². The zero-order chi connectivity index (χ0) is 11.3. The lowest BCUT2D eigenvalue weighted by Crippen LogP contribution is -2.34. The van der Waals surface area contributed by atoms with Crippen molar-refractivity contribution in [2.45, 2.75) is 6.92 Å². The molecular formula is C9H12ClN3O2. The second-order valence-electron chi connectivity index (χ2n) is 2.68. The lowest BCUT2D eigenvalue weighted by Gasteiger charge is -2.08. The van der Waals surface area contributed by atoms with Crippen LogP contribution in [0.25, 0.3) is 0 Å². The first-order chi connectivity index (χ1) is 7.17. The van der Waals surface area contributed by atoms with E-state index < -0.39 is 6.03 Å². The van der Waals surface area contributed by atoms with Gasteiger partial charge in [-0.2, -0.15) is 0 Å². The van der Waals surface area contributed by atoms with E-state index in [-0.39, 0.29) is 0 Å². The first kappa shape index (κ1) is 11.6. The predicted octanol–water partition coefficient (Wildman–Crippen LogP) is 1.73. The summed E-state index contributed by atoms with van der Waals surface area (Å²) in [5, 5.41) is 2.92. The molecule has 0 radical (unpaired) electrons. The van der Waals surface area contributed by atoms with Gasteiger partial charge in [-0.3, -0.25) is 5.43 Å². The van der Waals surface area contributed by atoms with Crippen LogP contribution >= 0.6 is 11.6 Å². The van der Waals surface area contributed by atoms with E-state index in [1.807, 2.05) is 12.3 Å². The van der Waals surface area contributed by atoms with Gasteiger partial charge in [-0.25, -0.2) is 10.6 Å². The molecule has 0 bridgehead atoms. The summed E-state index contributed by atoms with van der Waals surface area (Å²) >= 11 is 5.91. The topological polar surface area (TPSA) is 76.4 Å². The number of nitrogens with two attached hydrogens (primary N) is 1. The third kappa shape index (κ3) is 3.30.